The van der Waals surface area contributed by atoms with Crippen LogP contribution in [0.3, 0.4) is 0 Å². The lowest BCUT2D eigenvalue weighted by atomic mass is 9.96. The molecule has 1 aliphatic rings. The second kappa shape index (κ2) is 6.93. The molecule has 1 fully saturated rings. The molecule has 5 nitrogen and oxygen atoms in total. The number of hydrogen-bond donors (Lipinski definition) is 3. The minimum atomic E-state index is -0.910. The summed E-state index contributed by atoms with van der Waals surface area (Å²) >= 11 is 0. The average Bonchev–Trinajstić information content (AvgIpc) is 2.41. The molecule has 2 amide bonds. The third-order valence-electron chi connectivity index (χ3n) is 3.55. The van der Waals surface area contributed by atoms with E-state index < -0.39 is 5.97 Å². The normalized spacial score (nSPS) is 15.6. The summed E-state index contributed by atoms with van der Waals surface area (Å²) in [4.78, 5) is 22.7. The van der Waals surface area contributed by atoms with Crippen molar-refractivity contribution in [1.29, 1.82) is 0 Å². The summed E-state index contributed by atoms with van der Waals surface area (Å²) in [5, 5.41) is 14.6. The summed E-state index contributed by atoms with van der Waals surface area (Å²) in [6.45, 7) is 0. The van der Waals surface area contributed by atoms with E-state index in [2.05, 4.69) is 10.6 Å². The van der Waals surface area contributed by atoms with Crippen LogP contribution in [0.15, 0.2) is 24.3 Å². The van der Waals surface area contributed by atoms with E-state index in [-0.39, 0.29) is 18.5 Å². The Morgan fingerprint density at radius 3 is 2.55 bits per heavy atom. The summed E-state index contributed by atoms with van der Waals surface area (Å²) in [5.74, 6) is -0.910. The minimum absolute atomic E-state index is 0.0973. The Morgan fingerprint density at radius 2 is 1.85 bits per heavy atom. The number of nitrogens with one attached hydrogen (secondary N) is 2. The van der Waals surface area contributed by atoms with Gasteiger partial charge in [-0.25, -0.2) is 4.79 Å². The lowest BCUT2D eigenvalue weighted by Gasteiger charge is -2.23. The third-order valence-corrected chi connectivity index (χ3v) is 3.55. The molecule has 0 aliphatic heterocycles. The van der Waals surface area contributed by atoms with Gasteiger partial charge >= 0.3 is 12.0 Å². The number of carboxylic acid groups (broad SMARTS) is 1. The first-order chi connectivity index (χ1) is 9.65. The molecule has 20 heavy (non-hydrogen) atoms. The number of benzene rings is 1. The van der Waals surface area contributed by atoms with Crippen LogP contribution < -0.4 is 10.6 Å². The van der Waals surface area contributed by atoms with E-state index in [9.17, 15) is 9.59 Å². The third kappa shape index (κ3) is 4.26. The van der Waals surface area contributed by atoms with E-state index in [1.807, 2.05) is 0 Å². The van der Waals surface area contributed by atoms with Crippen molar-refractivity contribution in [3.05, 3.63) is 29.8 Å². The Hall–Kier alpha value is -2.04. The zero-order chi connectivity index (χ0) is 14.4. The highest BCUT2D eigenvalue weighted by molar-refractivity contribution is 5.91. The highest BCUT2D eigenvalue weighted by Crippen LogP contribution is 2.18. The highest BCUT2D eigenvalue weighted by atomic mass is 16.4. The van der Waals surface area contributed by atoms with E-state index >= 15 is 0 Å². The van der Waals surface area contributed by atoms with Crippen molar-refractivity contribution in [2.45, 2.75) is 44.6 Å². The van der Waals surface area contributed by atoms with Crippen LogP contribution in [-0.4, -0.2) is 23.1 Å². The number of urea groups is 1. The van der Waals surface area contributed by atoms with Gasteiger partial charge in [0.25, 0.3) is 0 Å². The van der Waals surface area contributed by atoms with Crippen LogP contribution in [0.1, 0.15) is 37.7 Å². The Bertz CT molecular complexity index is 482. The smallest absolute Gasteiger partial charge is 0.319 e. The van der Waals surface area contributed by atoms with Gasteiger partial charge in [0.2, 0.25) is 0 Å². The molecule has 0 heterocycles. The maximum Gasteiger partial charge on any atom is 0.319 e. The lowest BCUT2D eigenvalue weighted by molar-refractivity contribution is -0.136. The van der Waals surface area contributed by atoms with Crippen LogP contribution >= 0.6 is 0 Å². The van der Waals surface area contributed by atoms with Crippen LogP contribution in [0.4, 0.5) is 10.5 Å². The monoisotopic (exact) mass is 276 g/mol. The van der Waals surface area contributed by atoms with Crippen molar-refractivity contribution in [3.8, 4) is 0 Å². The van der Waals surface area contributed by atoms with Gasteiger partial charge in [-0.15, -0.1) is 0 Å². The van der Waals surface area contributed by atoms with E-state index in [0.717, 1.165) is 25.7 Å². The Morgan fingerprint density at radius 1 is 1.15 bits per heavy atom. The van der Waals surface area contributed by atoms with Crippen molar-refractivity contribution in [2.24, 2.45) is 0 Å². The first-order valence-electron chi connectivity index (χ1n) is 7.02. The van der Waals surface area contributed by atoms with Gasteiger partial charge in [-0.3, -0.25) is 4.79 Å². The molecular formula is C15H20N2O3. The average molecular weight is 276 g/mol. The molecule has 1 aliphatic carbocycles. The van der Waals surface area contributed by atoms with E-state index in [1.165, 1.54) is 6.42 Å². The van der Waals surface area contributed by atoms with Gasteiger partial charge < -0.3 is 15.7 Å². The molecule has 0 radical (unpaired) electrons. The number of para-hydroxylation sites is 1. The maximum atomic E-state index is 11.9. The molecule has 0 unspecified atom stereocenters. The van der Waals surface area contributed by atoms with Crippen molar-refractivity contribution in [1.82, 2.24) is 5.32 Å². The first kappa shape index (κ1) is 14.4. The topological polar surface area (TPSA) is 78.4 Å². The van der Waals surface area contributed by atoms with Gasteiger partial charge in [0, 0.05) is 11.7 Å². The van der Waals surface area contributed by atoms with E-state index in [4.69, 9.17) is 5.11 Å². The zero-order valence-corrected chi connectivity index (χ0v) is 11.4. The SMILES string of the molecule is O=C(O)Cc1ccccc1NC(=O)NC1CCCCC1. The molecule has 1 saturated carbocycles. The Labute approximate surface area is 118 Å². The number of hydrogen-bond acceptors (Lipinski definition) is 2. The second-order valence-corrected chi connectivity index (χ2v) is 5.16. The molecule has 1 aromatic rings. The number of carboxylic acids is 1. The molecule has 108 valence electrons. The van der Waals surface area contributed by atoms with Gasteiger partial charge in [0.15, 0.2) is 0 Å². The molecule has 2 rings (SSSR count). The molecule has 0 bridgehead atoms. The van der Waals surface area contributed by atoms with Crippen LogP contribution in [0, 0.1) is 0 Å². The summed E-state index contributed by atoms with van der Waals surface area (Å²) in [6, 6.07) is 6.96. The number of rotatable bonds is 4. The molecule has 0 saturated heterocycles. The summed E-state index contributed by atoms with van der Waals surface area (Å²) in [5.41, 5.74) is 1.17. The highest BCUT2D eigenvalue weighted by Gasteiger charge is 2.16. The molecule has 0 atom stereocenters. The van der Waals surface area contributed by atoms with Gasteiger partial charge in [0.05, 0.1) is 6.42 Å². The minimum Gasteiger partial charge on any atom is -0.481 e. The number of anilines is 1. The van der Waals surface area contributed by atoms with Crippen LogP contribution in [0.2, 0.25) is 0 Å². The Balaban J connectivity index is 1.94. The van der Waals surface area contributed by atoms with Gasteiger partial charge in [-0.2, -0.15) is 0 Å². The van der Waals surface area contributed by atoms with Crippen molar-refractivity contribution < 1.29 is 14.7 Å². The van der Waals surface area contributed by atoms with E-state index in [0.29, 0.717) is 11.3 Å². The summed E-state index contributed by atoms with van der Waals surface area (Å²) in [6.07, 6.45) is 5.48. The second-order valence-electron chi connectivity index (χ2n) is 5.16. The molecule has 3 N–H and O–H groups in total. The number of carbonyl (C=O) groups excluding carboxylic acids is 1. The number of carbonyl (C=O) groups is 2. The van der Waals surface area contributed by atoms with Crippen molar-refractivity contribution in [2.75, 3.05) is 5.32 Å². The fraction of sp³-hybridized carbons (Fsp3) is 0.467. The largest absolute Gasteiger partial charge is 0.481 e. The van der Waals surface area contributed by atoms with Gasteiger partial charge in [-0.05, 0) is 24.5 Å². The van der Waals surface area contributed by atoms with Gasteiger partial charge in [0.1, 0.15) is 0 Å². The fourth-order valence-corrected chi connectivity index (χ4v) is 2.55. The lowest BCUT2D eigenvalue weighted by Crippen LogP contribution is -2.39. The molecule has 0 aromatic heterocycles. The molecule has 5 heteroatoms. The van der Waals surface area contributed by atoms with Crippen molar-refractivity contribution >= 4 is 17.7 Å². The summed E-state index contributed by atoms with van der Waals surface area (Å²) in [7, 11) is 0. The maximum absolute atomic E-state index is 11.9. The summed E-state index contributed by atoms with van der Waals surface area (Å²) < 4.78 is 0. The predicted octanol–water partition coefficient (Wildman–Crippen LogP) is 2.77. The predicted molar refractivity (Wildman–Crippen MR) is 76.8 cm³/mol. The molecule has 0 spiro atoms. The molecular weight excluding hydrogens is 256 g/mol. The van der Waals surface area contributed by atoms with Crippen molar-refractivity contribution in [3.63, 3.8) is 0 Å². The van der Waals surface area contributed by atoms with Gasteiger partial charge in [-0.1, -0.05) is 37.5 Å². The Kier molecular flexibility index (Phi) is 4.98. The standard InChI is InChI=1S/C15H20N2O3/c18-14(19)10-11-6-4-5-9-13(11)17-15(20)16-12-7-2-1-3-8-12/h4-6,9,12H,1-3,7-8,10H2,(H,18,19)(H2,16,17,20). The zero-order valence-electron chi connectivity index (χ0n) is 11.4. The quantitative estimate of drug-likeness (QED) is 0.791. The number of aliphatic carboxylic acids is 1. The molecule has 1 aromatic carbocycles. The van der Waals surface area contributed by atoms with Crippen LogP contribution in [0.5, 0.6) is 0 Å². The fourth-order valence-electron chi connectivity index (χ4n) is 2.55. The number of amides is 2. The first-order valence-corrected chi connectivity index (χ1v) is 7.02. The van der Waals surface area contributed by atoms with E-state index in [1.54, 1.807) is 24.3 Å². The van der Waals surface area contributed by atoms with Crippen LogP contribution in [-0.2, 0) is 11.2 Å². The van der Waals surface area contributed by atoms with Crippen LogP contribution in [0.25, 0.3) is 0 Å².